The fourth-order valence-electron chi connectivity index (χ4n) is 2.21. The van der Waals surface area contributed by atoms with Crippen molar-refractivity contribution in [1.82, 2.24) is 5.32 Å². The summed E-state index contributed by atoms with van der Waals surface area (Å²) in [6.07, 6.45) is -4.32. The van der Waals surface area contributed by atoms with Crippen molar-refractivity contribution in [3.05, 3.63) is 58.1 Å². The van der Waals surface area contributed by atoms with E-state index in [1.165, 1.54) is 6.07 Å². The summed E-state index contributed by atoms with van der Waals surface area (Å²) in [6.45, 7) is 2.31. The van der Waals surface area contributed by atoms with Crippen molar-refractivity contribution in [3.8, 4) is 11.1 Å². The van der Waals surface area contributed by atoms with E-state index in [4.69, 9.17) is 11.6 Å². The van der Waals surface area contributed by atoms with Gasteiger partial charge >= 0.3 is 6.18 Å². The number of hydrogen-bond donors (Lipinski definition) is 1. The first-order chi connectivity index (χ1) is 9.82. The van der Waals surface area contributed by atoms with Gasteiger partial charge in [-0.3, -0.25) is 0 Å². The van der Waals surface area contributed by atoms with Crippen molar-refractivity contribution >= 4 is 11.6 Å². The van der Waals surface area contributed by atoms with E-state index in [9.17, 15) is 13.2 Å². The van der Waals surface area contributed by atoms with Crippen LogP contribution in [0.1, 0.15) is 16.7 Å². The lowest BCUT2D eigenvalue weighted by atomic mass is 9.97. The number of hydrogen-bond acceptors (Lipinski definition) is 1. The summed E-state index contributed by atoms with van der Waals surface area (Å²) >= 11 is 6.19. The molecule has 0 aliphatic rings. The molecule has 112 valence electrons. The average molecular weight is 314 g/mol. The Morgan fingerprint density at radius 3 is 2.33 bits per heavy atom. The Bertz CT molecular complexity index is 650. The van der Waals surface area contributed by atoms with E-state index in [0.717, 1.165) is 28.8 Å². The number of aryl methyl sites for hydroxylation is 1. The zero-order valence-electron chi connectivity index (χ0n) is 11.7. The molecule has 0 heterocycles. The first-order valence-corrected chi connectivity index (χ1v) is 6.82. The topological polar surface area (TPSA) is 12.0 Å². The third-order valence-electron chi connectivity index (χ3n) is 3.29. The van der Waals surface area contributed by atoms with Gasteiger partial charge in [0.15, 0.2) is 0 Å². The van der Waals surface area contributed by atoms with Crippen LogP contribution in [-0.4, -0.2) is 7.05 Å². The lowest BCUT2D eigenvalue weighted by molar-refractivity contribution is -0.137. The third-order valence-corrected chi connectivity index (χ3v) is 3.64. The second-order valence-corrected chi connectivity index (χ2v) is 5.27. The van der Waals surface area contributed by atoms with Gasteiger partial charge in [0.2, 0.25) is 0 Å². The second-order valence-electron chi connectivity index (χ2n) is 4.86. The van der Waals surface area contributed by atoms with E-state index in [-0.39, 0.29) is 0 Å². The minimum atomic E-state index is -4.32. The smallest absolute Gasteiger partial charge is 0.316 e. The van der Waals surface area contributed by atoms with E-state index >= 15 is 0 Å². The van der Waals surface area contributed by atoms with Gasteiger partial charge in [0.1, 0.15) is 0 Å². The van der Waals surface area contributed by atoms with Crippen LogP contribution in [0.4, 0.5) is 13.2 Å². The minimum absolute atomic E-state index is 0.572. The maximum atomic E-state index is 12.7. The molecule has 0 spiro atoms. The quantitative estimate of drug-likeness (QED) is 0.835. The molecule has 5 heteroatoms. The van der Waals surface area contributed by atoms with Gasteiger partial charge in [0, 0.05) is 11.6 Å². The molecule has 1 nitrogen and oxygen atoms in total. The van der Waals surface area contributed by atoms with E-state index < -0.39 is 11.7 Å². The molecule has 0 radical (unpaired) electrons. The third kappa shape index (κ3) is 3.57. The number of rotatable bonds is 3. The average Bonchev–Trinajstić information content (AvgIpc) is 2.40. The SMILES string of the molecule is CNCc1ccc(-c2ccc(C(F)(F)F)cc2C)cc1Cl. The molecule has 0 amide bonds. The highest BCUT2D eigenvalue weighted by Crippen LogP contribution is 2.34. The highest BCUT2D eigenvalue weighted by Gasteiger charge is 2.30. The summed E-state index contributed by atoms with van der Waals surface area (Å²) in [5.74, 6) is 0. The van der Waals surface area contributed by atoms with Crippen LogP contribution in [0.3, 0.4) is 0 Å². The first-order valence-electron chi connectivity index (χ1n) is 6.44. The molecule has 1 N–H and O–H groups in total. The van der Waals surface area contributed by atoms with Crippen LogP contribution in [-0.2, 0) is 12.7 Å². The van der Waals surface area contributed by atoms with Gasteiger partial charge in [0.25, 0.3) is 0 Å². The molecule has 0 atom stereocenters. The Morgan fingerprint density at radius 1 is 1.10 bits per heavy atom. The monoisotopic (exact) mass is 313 g/mol. The van der Waals surface area contributed by atoms with E-state index in [2.05, 4.69) is 5.32 Å². The van der Waals surface area contributed by atoms with Crippen LogP contribution in [0.5, 0.6) is 0 Å². The van der Waals surface area contributed by atoms with Gasteiger partial charge in [-0.15, -0.1) is 0 Å². The second kappa shape index (κ2) is 6.08. The summed E-state index contributed by atoms with van der Waals surface area (Å²) in [5, 5.41) is 3.61. The molecule has 0 saturated carbocycles. The number of nitrogens with one attached hydrogen (secondary N) is 1. The fourth-order valence-corrected chi connectivity index (χ4v) is 2.46. The first kappa shape index (κ1) is 15.9. The van der Waals surface area contributed by atoms with Gasteiger partial charge in [-0.2, -0.15) is 13.2 Å². The van der Waals surface area contributed by atoms with Crippen LogP contribution in [0.2, 0.25) is 5.02 Å². The van der Waals surface area contributed by atoms with Crippen LogP contribution in [0.15, 0.2) is 36.4 Å². The largest absolute Gasteiger partial charge is 0.416 e. The molecule has 21 heavy (non-hydrogen) atoms. The predicted octanol–water partition coefficient (Wildman–Crippen LogP) is 5.05. The molecule has 2 aromatic rings. The van der Waals surface area contributed by atoms with Crippen LogP contribution >= 0.6 is 11.6 Å². The van der Waals surface area contributed by atoms with Crippen molar-refractivity contribution in [2.24, 2.45) is 0 Å². The Kier molecular flexibility index (Phi) is 4.59. The molecule has 2 rings (SSSR count). The standard InChI is InChI=1S/C16H15ClF3N/c1-10-7-13(16(18,19)20)5-6-14(10)11-3-4-12(9-21-2)15(17)8-11/h3-8,21H,9H2,1-2H3. The van der Waals surface area contributed by atoms with Gasteiger partial charge < -0.3 is 5.32 Å². The van der Waals surface area contributed by atoms with Gasteiger partial charge in [0.05, 0.1) is 5.56 Å². The fraction of sp³-hybridized carbons (Fsp3) is 0.250. The summed E-state index contributed by atoms with van der Waals surface area (Å²) in [7, 11) is 1.82. The molecule has 0 aromatic heterocycles. The van der Waals surface area contributed by atoms with E-state index in [1.807, 2.05) is 19.2 Å². The summed E-state index contributed by atoms with van der Waals surface area (Å²) < 4.78 is 38.0. The van der Waals surface area contributed by atoms with Crippen LogP contribution in [0.25, 0.3) is 11.1 Å². The zero-order valence-corrected chi connectivity index (χ0v) is 12.4. The molecule has 0 aliphatic heterocycles. The molecule has 2 aromatic carbocycles. The Balaban J connectivity index is 2.41. The lowest BCUT2D eigenvalue weighted by Gasteiger charge is -2.12. The van der Waals surface area contributed by atoms with Crippen molar-refractivity contribution in [3.63, 3.8) is 0 Å². The van der Waals surface area contributed by atoms with Gasteiger partial charge in [-0.25, -0.2) is 0 Å². The highest BCUT2D eigenvalue weighted by atomic mass is 35.5. The van der Waals surface area contributed by atoms with Crippen molar-refractivity contribution in [2.45, 2.75) is 19.6 Å². The van der Waals surface area contributed by atoms with E-state index in [0.29, 0.717) is 17.1 Å². The van der Waals surface area contributed by atoms with Gasteiger partial charge in [-0.1, -0.05) is 29.8 Å². The minimum Gasteiger partial charge on any atom is -0.316 e. The number of alkyl halides is 3. The molecular weight excluding hydrogens is 299 g/mol. The summed E-state index contributed by atoms with van der Waals surface area (Å²) in [4.78, 5) is 0. The molecule has 0 fully saturated rings. The summed E-state index contributed by atoms with van der Waals surface area (Å²) in [6, 6.07) is 9.27. The molecule has 0 aliphatic carbocycles. The Morgan fingerprint density at radius 2 is 1.81 bits per heavy atom. The van der Waals surface area contributed by atoms with Crippen molar-refractivity contribution in [1.29, 1.82) is 0 Å². The maximum Gasteiger partial charge on any atom is 0.416 e. The Hall–Kier alpha value is -1.52. The predicted molar refractivity (Wildman–Crippen MR) is 79.4 cm³/mol. The van der Waals surface area contributed by atoms with Crippen molar-refractivity contribution in [2.75, 3.05) is 7.05 Å². The van der Waals surface area contributed by atoms with Crippen molar-refractivity contribution < 1.29 is 13.2 Å². The highest BCUT2D eigenvalue weighted by molar-refractivity contribution is 6.31. The molecule has 0 bridgehead atoms. The zero-order chi connectivity index (χ0) is 15.6. The van der Waals surface area contributed by atoms with Gasteiger partial charge in [-0.05, 0) is 54.4 Å². The lowest BCUT2D eigenvalue weighted by Crippen LogP contribution is -2.06. The van der Waals surface area contributed by atoms with E-state index in [1.54, 1.807) is 13.0 Å². The molecule has 0 saturated heterocycles. The van der Waals surface area contributed by atoms with Crippen LogP contribution in [0, 0.1) is 6.92 Å². The summed E-state index contributed by atoms with van der Waals surface area (Å²) in [5.41, 5.74) is 2.45. The number of benzene rings is 2. The molecule has 0 unspecified atom stereocenters. The maximum absolute atomic E-state index is 12.7. The Labute approximate surface area is 126 Å². The number of halogens is 4. The van der Waals surface area contributed by atoms with Crippen LogP contribution < -0.4 is 5.32 Å². The normalized spacial score (nSPS) is 11.7. The molecular formula is C16H15ClF3N.